The van der Waals surface area contributed by atoms with Gasteiger partial charge in [-0.1, -0.05) is 26.0 Å². The molecule has 1 aliphatic rings. The standard InChI is InChI=1S/C10H10N2.C2H6/c1-8-6-11-9-4-2-3-5-10(9)12-7-8;1-2/h2-7,11H,1H3;1-2H3. The molecule has 0 aliphatic carbocycles. The summed E-state index contributed by atoms with van der Waals surface area (Å²) < 4.78 is 0. The maximum Gasteiger partial charge on any atom is 0.0864 e. The van der Waals surface area contributed by atoms with Crippen LogP contribution in [0.3, 0.4) is 0 Å². The largest absolute Gasteiger partial charge is 0.360 e. The van der Waals surface area contributed by atoms with Gasteiger partial charge in [0.2, 0.25) is 0 Å². The van der Waals surface area contributed by atoms with Crippen LogP contribution >= 0.6 is 0 Å². The molecule has 2 heteroatoms. The van der Waals surface area contributed by atoms with E-state index in [4.69, 9.17) is 0 Å². The molecule has 0 unspecified atom stereocenters. The molecule has 14 heavy (non-hydrogen) atoms. The van der Waals surface area contributed by atoms with Crippen LogP contribution in [0.25, 0.3) is 0 Å². The summed E-state index contributed by atoms with van der Waals surface area (Å²) in [5, 5.41) is 3.19. The molecule has 2 nitrogen and oxygen atoms in total. The van der Waals surface area contributed by atoms with Gasteiger partial charge in [-0.05, 0) is 24.6 Å². The van der Waals surface area contributed by atoms with Gasteiger partial charge in [-0.15, -0.1) is 0 Å². The number of para-hydroxylation sites is 2. The summed E-state index contributed by atoms with van der Waals surface area (Å²) in [6, 6.07) is 7.99. The van der Waals surface area contributed by atoms with Crippen LogP contribution in [0.1, 0.15) is 20.8 Å². The molecule has 0 fully saturated rings. The average molecular weight is 188 g/mol. The maximum atomic E-state index is 4.31. The molecule has 74 valence electrons. The van der Waals surface area contributed by atoms with Gasteiger partial charge in [-0.25, -0.2) is 0 Å². The molecule has 0 amide bonds. The van der Waals surface area contributed by atoms with Crippen LogP contribution in [0.15, 0.2) is 41.0 Å². The van der Waals surface area contributed by atoms with Crippen molar-refractivity contribution in [1.29, 1.82) is 0 Å². The molecule has 1 aromatic rings. The zero-order valence-electron chi connectivity index (χ0n) is 8.91. The SMILES string of the molecule is CC.CC1=CNc2ccccc2N=C1. The fraction of sp³-hybridized carbons (Fsp3) is 0.250. The Bertz CT molecular complexity index is 351. The minimum Gasteiger partial charge on any atom is -0.360 e. The number of anilines is 1. The van der Waals surface area contributed by atoms with Crippen molar-refractivity contribution in [3.63, 3.8) is 0 Å². The number of hydrogen-bond acceptors (Lipinski definition) is 2. The Morgan fingerprint density at radius 3 is 2.64 bits per heavy atom. The van der Waals surface area contributed by atoms with Crippen LogP contribution < -0.4 is 5.32 Å². The number of nitrogens with zero attached hydrogens (tertiary/aromatic N) is 1. The van der Waals surface area contributed by atoms with Crippen molar-refractivity contribution in [1.82, 2.24) is 0 Å². The first kappa shape index (κ1) is 10.5. The molecule has 0 saturated heterocycles. The third kappa shape index (κ3) is 2.46. The molecule has 1 N–H and O–H groups in total. The summed E-state index contributed by atoms with van der Waals surface area (Å²) >= 11 is 0. The highest BCUT2D eigenvalue weighted by Crippen LogP contribution is 2.25. The van der Waals surface area contributed by atoms with Crippen LogP contribution in [0.5, 0.6) is 0 Å². The molecular weight excluding hydrogens is 172 g/mol. The zero-order valence-corrected chi connectivity index (χ0v) is 8.91. The molecule has 0 radical (unpaired) electrons. The third-order valence-electron chi connectivity index (χ3n) is 1.77. The molecular formula is C12H16N2. The predicted molar refractivity (Wildman–Crippen MR) is 63.3 cm³/mol. The summed E-state index contributed by atoms with van der Waals surface area (Å²) in [5.41, 5.74) is 3.18. The van der Waals surface area contributed by atoms with Crippen LogP contribution in [0.4, 0.5) is 11.4 Å². The van der Waals surface area contributed by atoms with E-state index in [1.165, 1.54) is 0 Å². The second-order valence-electron chi connectivity index (χ2n) is 2.81. The van der Waals surface area contributed by atoms with Crippen molar-refractivity contribution in [2.24, 2.45) is 4.99 Å². The number of aliphatic imine (C=N–C) groups is 1. The molecule has 0 saturated carbocycles. The van der Waals surface area contributed by atoms with E-state index in [1.54, 1.807) is 0 Å². The first-order chi connectivity index (χ1) is 6.86. The normalized spacial score (nSPS) is 12.6. The molecule has 2 rings (SSSR count). The van der Waals surface area contributed by atoms with E-state index in [2.05, 4.69) is 10.3 Å². The summed E-state index contributed by atoms with van der Waals surface area (Å²) in [5.74, 6) is 0. The monoisotopic (exact) mass is 188 g/mol. The number of nitrogens with one attached hydrogen (secondary N) is 1. The predicted octanol–water partition coefficient (Wildman–Crippen LogP) is 3.74. The molecule has 0 atom stereocenters. The molecule has 1 heterocycles. The van der Waals surface area contributed by atoms with Gasteiger partial charge < -0.3 is 5.32 Å². The Morgan fingerprint density at radius 1 is 1.14 bits per heavy atom. The van der Waals surface area contributed by atoms with Gasteiger partial charge in [-0.2, -0.15) is 0 Å². The van der Waals surface area contributed by atoms with Crippen molar-refractivity contribution in [2.75, 3.05) is 5.32 Å². The van der Waals surface area contributed by atoms with Gasteiger partial charge in [-0.3, -0.25) is 4.99 Å². The number of fused-ring (bicyclic) bond motifs is 1. The topological polar surface area (TPSA) is 24.4 Å². The average Bonchev–Trinajstić information content (AvgIpc) is 2.45. The number of benzene rings is 1. The van der Waals surface area contributed by atoms with E-state index < -0.39 is 0 Å². The highest BCUT2D eigenvalue weighted by Gasteiger charge is 1.99. The molecule has 0 bridgehead atoms. The number of rotatable bonds is 0. The lowest BCUT2D eigenvalue weighted by Gasteiger charge is -2.01. The Morgan fingerprint density at radius 2 is 1.86 bits per heavy atom. The van der Waals surface area contributed by atoms with Gasteiger partial charge in [0.05, 0.1) is 11.4 Å². The van der Waals surface area contributed by atoms with Crippen molar-refractivity contribution in [3.8, 4) is 0 Å². The minimum atomic E-state index is 0.991. The smallest absolute Gasteiger partial charge is 0.0864 e. The Hall–Kier alpha value is -1.57. The summed E-state index contributed by atoms with van der Waals surface area (Å²) in [6.45, 7) is 6.02. The van der Waals surface area contributed by atoms with Gasteiger partial charge in [0.15, 0.2) is 0 Å². The number of hydrogen-bond donors (Lipinski definition) is 1. The Kier molecular flexibility index (Phi) is 3.92. The summed E-state index contributed by atoms with van der Waals surface area (Å²) in [7, 11) is 0. The lowest BCUT2D eigenvalue weighted by atomic mass is 10.3. The summed E-state index contributed by atoms with van der Waals surface area (Å²) in [6.07, 6.45) is 3.81. The van der Waals surface area contributed by atoms with E-state index >= 15 is 0 Å². The maximum absolute atomic E-state index is 4.31. The molecule has 1 aromatic carbocycles. The second kappa shape index (κ2) is 5.22. The first-order valence-corrected chi connectivity index (χ1v) is 4.93. The number of allylic oxidation sites excluding steroid dienone is 1. The van der Waals surface area contributed by atoms with Crippen LogP contribution in [0.2, 0.25) is 0 Å². The molecule has 1 aliphatic heterocycles. The van der Waals surface area contributed by atoms with Gasteiger partial charge >= 0.3 is 0 Å². The van der Waals surface area contributed by atoms with Gasteiger partial charge in [0.1, 0.15) is 0 Å². The first-order valence-electron chi connectivity index (χ1n) is 4.93. The molecule has 0 spiro atoms. The van der Waals surface area contributed by atoms with Crippen molar-refractivity contribution in [2.45, 2.75) is 20.8 Å². The quantitative estimate of drug-likeness (QED) is 0.659. The molecule has 0 aromatic heterocycles. The highest BCUT2D eigenvalue weighted by molar-refractivity contribution is 5.85. The second-order valence-corrected chi connectivity index (χ2v) is 2.81. The van der Waals surface area contributed by atoms with E-state index in [0.717, 1.165) is 16.9 Å². The van der Waals surface area contributed by atoms with Gasteiger partial charge in [0.25, 0.3) is 0 Å². The van der Waals surface area contributed by atoms with Crippen LogP contribution in [-0.2, 0) is 0 Å². The fourth-order valence-corrected chi connectivity index (χ4v) is 1.11. The van der Waals surface area contributed by atoms with Crippen LogP contribution in [0, 0.1) is 0 Å². The van der Waals surface area contributed by atoms with Gasteiger partial charge in [0, 0.05) is 12.4 Å². The fourth-order valence-electron chi connectivity index (χ4n) is 1.11. The van der Waals surface area contributed by atoms with Crippen molar-refractivity contribution in [3.05, 3.63) is 36.0 Å². The van der Waals surface area contributed by atoms with Crippen LogP contribution in [-0.4, -0.2) is 6.21 Å². The van der Waals surface area contributed by atoms with E-state index in [0.29, 0.717) is 0 Å². The lowest BCUT2D eigenvalue weighted by molar-refractivity contribution is 1.50. The van der Waals surface area contributed by atoms with E-state index in [1.807, 2.05) is 57.5 Å². The van der Waals surface area contributed by atoms with Crippen molar-refractivity contribution < 1.29 is 0 Å². The van der Waals surface area contributed by atoms with E-state index in [-0.39, 0.29) is 0 Å². The summed E-state index contributed by atoms with van der Waals surface area (Å²) in [4.78, 5) is 4.31. The lowest BCUT2D eigenvalue weighted by Crippen LogP contribution is -1.86. The Balaban J connectivity index is 0.000000461. The Labute approximate surface area is 85.4 Å². The minimum absolute atomic E-state index is 0.991. The zero-order chi connectivity index (χ0) is 10.4. The highest BCUT2D eigenvalue weighted by atomic mass is 14.9. The third-order valence-corrected chi connectivity index (χ3v) is 1.77. The van der Waals surface area contributed by atoms with E-state index in [9.17, 15) is 0 Å². The van der Waals surface area contributed by atoms with Crippen molar-refractivity contribution >= 4 is 17.6 Å².